The Kier molecular flexibility index (Phi) is 6.88. The highest BCUT2D eigenvalue weighted by Crippen LogP contribution is 2.34. The van der Waals surface area contributed by atoms with Gasteiger partial charge >= 0.3 is 0 Å². The van der Waals surface area contributed by atoms with E-state index >= 15 is 0 Å². The van der Waals surface area contributed by atoms with Crippen molar-refractivity contribution in [3.63, 3.8) is 0 Å². The lowest BCUT2D eigenvalue weighted by Crippen LogP contribution is -2.09. The van der Waals surface area contributed by atoms with E-state index in [1.807, 2.05) is 43.3 Å². The standard InChI is InChI=1S/C35H28FN5/c1-4-23(17-28(5-2)38-22(3)24-9-7-6-8-10-24)26-13-16-32-30(18-26)35(41-40-32)33-19-29-31(20-37-21-34(29)39-33)25-11-14-27(36)15-12-25/h4-21,38-39H,2-3H2,1H3,(H,40,41)/b23-4+,28-17+. The van der Waals surface area contributed by atoms with E-state index in [-0.39, 0.29) is 5.82 Å². The lowest BCUT2D eigenvalue weighted by atomic mass is 10.0. The van der Waals surface area contributed by atoms with Gasteiger partial charge in [-0.3, -0.25) is 10.1 Å². The summed E-state index contributed by atoms with van der Waals surface area (Å²) in [5, 5.41) is 13.2. The van der Waals surface area contributed by atoms with Gasteiger partial charge in [-0.05, 0) is 71.7 Å². The van der Waals surface area contributed by atoms with E-state index in [1.165, 1.54) is 12.1 Å². The Morgan fingerprint density at radius 2 is 1.71 bits per heavy atom. The molecule has 0 saturated carbocycles. The van der Waals surface area contributed by atoms with E-state index in [2.05, 4.69) is 69.0 Å². The number of hydrogen-bond acceptors (Lipinski definition) is 3. The third-order valence-electron chi connectivity index (χ3n) is 7.11. The molecule has 0 aliphatic rings. The number of H-pyrrole nitrogens is 2. The lowest BCUT2D eigenvalue weighted by Gasteiger charge is -2.12. The SMILES string of the molecule is C=C/C(=C\C(=C/C)c1ccc2[nH]nc(-c3cc4c(-c5ccc(F)cc5)cncc4[nH]3)c2c1)NC(=C)c1ccccc1. The fourth-order valence-electron chi connectivity index (χ4n) is 4.97. The summed E-state index contributed by atoms with van der Waals surface area (Å²) in [7, 11) is 0. The second-order valence-corrected chi connectivity index (χ2v) is 9.69. The molecule has 6 rings (SSSR count). The smallest absolute Gasteiger partial charge is 0.123 e. The highest BCUT2D eigenvalue weighted by atomic mass is 19.1. The van der Waals surface area contributed by atoms with Gasteiger partial charge < -0.3 is 10.3 Å². The maximum atomic E-state index is 13.5. The zero-order chi connectivity index (χ0) is 28.3. The molecule has 0 radical (unpaired) electrons. The van der Waals surface area contributed by atoms with Crippen LogP contribution in [-0.2, 0) is 0 Å². The molecular formula is C35H28FN5. The summed E-state index contributed by atoms with van der Waals surface area (Å²) >= 11 is 0. The van der Waals surface area contributed by atoms with Gasteiger partial charge in [0.25, 0.3) is 0 Å². The van der Waals surface area contributed by atoms with Crippen LogP contribution < -0.4 is 5.32 Å². The number of rotatable bonds is 8. The first-order valence-corrected chi connectivity index (χ1v) is 13.3. The predicted molar refractivity (Wildman–Crippen MR) is 167 cm³/mol. The van der Waals surface area contributed by atoms with Crippen LogP contribution in [-0.4, -0.2) is 20.2 Å². The highest BCUT2D eigenvalue weighted by Gasteiger charge is 2.15. The summed E-state index contributed by atoms with van der Waals surface area (Å²) in [6, 6.07) is 24.8. The molecule has 0 aliphatic heterocycles. The molecule has 0 bridgehead atoms. The normalized spacial score (nSPS) is 12.1. The van der Waals surface area contributed by atoms with Crippen molar-refractivity contribution in [2.75, 3.05) is 0 Å². The van der Waals surface area contributed by atoms with Crippen molar-refractivity contribution in [2.24, 2.45) is 0 Å². The number of aromatic amines is 2. The fourth-order valence-corrected chi connectivity index (χ4v) is 4.97. The van der Waals surface area contributed by atoms with Gasteiger partial charge in [0, 0.05) is 33.9 Å². The molecule has 3 heterocycles. The molecule has 0 fully saturated rings. The number of aromatic nitrogens is 4. The second kappa shape index (κ2) is 10.9. The Bertz CT molecular complexity index is 1960. The van der Waals surface area contributed by atoms with Gasteiger partial charge in [0.1, 0.15) is 11.5 Å². The minimum absolute atomic E-state index is 0.269. The third-order valence-corrected chi connectivity index (χ3v) is 7.11. The molecular weight excluding hydrogens is 509 g/mol. The highest BCUT2D eigenvalue weighted by molar-refractivity contribution is 6.01. The monoisotopic (exact) mass is 537 g/mol. The predicted octanol–water partition coefficient (Wildman–Crippen LogP) is 8.65. The maximum absolute atomic E-state index is 13.5. The van der Waals surface area contributed by atoms with Crippen LogP contribution in [0, 0.1) is 5.82 Å². The van der Waals surface area contributed by atoms with Crippen LogP contribution in [0.3, 0.4) is 0 Å². The first-order chi connectivity index (χ1) is 20.0. The van der Waals surface area contributed by atoms with E-state index in [0.29, 0.717) is 0 Å². The van der Waals surface area contributed by atoms with Gasteiger partial charge in [-0.2, -0.15) is 5.10 Å². The fraction of sp³-hybridized carbons (Fsp3) is 0.0286. The van der Waals surface area contributed by atoms with Crippen molar-refractivity contribution in [1.29, 1.82) is 0 Å². The van der Waals surface area contributed by atoms with Crippen molar-refractivity contribution in [3.8, 4) is 22.5 Å². The van der Waals surface area contributed by atoms with Crippen molar-refractivity contribution in [1.82, 2.24) is 25.5 Å². The van der Waals surface area contributed by atoms with Gasteiger partial charge in [0.15, 0.2) is 0 Å². The number of fused-ring (bicyclic) bond motifs is 2. The van der Waals surface area contributed by atoms with Crippen LogP contribution in [0.2, 0.25) is 0 Å². The van der Waals surface area contributed by atoms with E-state index in [4.69, 9.17) is 0 Å². The zero-order valence-electron chi connectivity index (χ0n) is 22.6. The molecule has 200 valence electrons. The summed E-state index contributed by atoms with van der Waals surface area (Å²) in [6.45, 7) is 10.2. The van der Waals surface area contributed by atoms with Crippen molar-refractivity contribution < 1.29 is 4.39 Å². The minimum atomic E-state index is -0.269. The van der Waals surface area contributed by atoms with Crippen LogP contribution in [0.4, 0.5) is 4.39 Å². The Morgan fingerprint density at radius 1 is 0.902 bits per heavy atom. The number of halogens is 1. The van der Waals surface area contributed by atoms with Crippen LogP contribution in [0.5, 0.6) is 0 Å². The number of nitrogens with zero attached hydrogens (tertiary/aromatic N) is 2. The van der Waals surface area contributed by atoms with E-state index in [0.717, 1.165) is 72.4 Å². The largest absolute Gasteiger partial charge is 0.356 e. The first-order valence-electron chi connectivity index (χ1n) is 13.3. The maximum Gasteiger partial charge on any atom is 0.123 e. The van der Waals surface area contributed by atoms with Crippen molar-refractivity contribution >= 4 is 33.1 Å². The molecule has 6 aromatic rings. The van der Waals surface area contributed by atoms with Gasteiger partial charge in [-0.1, -0.05) is 67.8 Å². The molecule has 41 heavy (non-hydrogen) atoms. The van der Waals surface area contributed by atoms with Crippen molar-refractivity contribution in [2.45, 2.75) is 6.92 Å². The van der Waals surface area contributed by atoms with Crippen LogP contribution in [0.1, 0.15) is 18.1 Å². The van der Waals surface area contributed by atoms with Crippen LogP contribution in [0.15, 0.2) is 128 Å². The Labute approximate surface area is 237 Å². The molecule has 6 heteroatoms. The molecule has 5 nitrogen and oxygen atoms in total. The van der Waals surface area contributed by atoms with Gasteiger partial charge in [-0.15, -0.1) is 0 Å². The summed E-state index contributed by atoms with van der Waals surface area (Å²) in [5.41, 5.74) is 10.0. The quantitative estimate of drug-likeness (QED) is 0.170. The first kappa shape index (κ1) is 25.8. The zero-order valence-corrected chi connectivity index (χ0v) is 22.6. The Morgan fingerprint density at radius 3 is 2.46 bits per heavy atom. The van der Waals surface area contributed by atoms with Crippen LogP contribution in [0.25, 0.3) is 55.6 Å². The Hall–Kier alpha value is -5.49. The summed E-state index contributed by atoms with van der Waals surface area (Å²) < 4.78 is 13.5. The lowest BCUT2D eigenvalue weighted by molar-refractivity contribution is 0.628. The molecule has 0 spiro atoms. The van der Waals surface area contributed by atoms with Gasteiger partial charge in [0.2, 0.25) is 0 Å². The average Bonchev–Trinajstić information content (AvgIpc) is 3.64. The molecule has 3 N–H and O–H groups in total. The molecule has 0 saturated heterocycles. The number of allylic oxidation sites excluding steroid dienone is 4. The molecule has 3 aromatic carbocycles. The third kappa shape index (κ3) is 5.11. The summed E-state index contributed by atoms with van der Waals surface area (Å²) in [5.74, 6) is -0.269. The number of nitrogens with one attached hydrogen (secondary N) is 3. The second-order valence-electron chi connectivity index (χ2n) is 9.69. The van der Waals surface area contributed by atoms with Gasteiger partial charge in [-0.25, -0.2) is 4.39 Å². The van der Waals surface area contributed by atoms with Gasteiger partial charge in [0.05, 0.1) is 22.9 Å². The minimum Gasteiger partial charge on any atom is -0.356 e. The van der Waals surface area contributed by atoms with E-state index < -0.39 is 0 Å². The molecule has 0 unspecified atom stereocenters. The summed E-state index contributed by atoms with van der Waals surface area (Å²) in [6.07, 6.45) is 9.52. The number of hydrogen-bond donors (Lipinski definition) is 3. The molecule has 0 amide bonds. The molecule has 3 aromatic heterocycles. The molecule has 0 aliphatic carbocycles. The van der Waals surface area contributed by atoms with E-state index in [9.17, 15) is 4.39 Å². The van der Waals surface area contributed by atoms with Crippen LogP contribution >= 0.6 is 0 Å². The summed E-state index contributed by atoms with van der Waals surface area (Å²) in [4.78, 5) is 7.88. The molecule has 0 atom stereocenters. The van der Waals surface area contributed by atoms with E-state index in [1.54, 1.807) is 30.6 Å². The number of benzene rings is 3. The Balaban J connectivity index is 1.36. The topological polar surface area (TPSA) is 69.4 Å². The van der Waals surface area contributed by atoms with Crippen molar-refractivity contribution in [3.05, 3.63) is 145 Å². The number of pyridine rings is 1. The average molecular weight is 538 g/mol.